The zero-order valence-electron chi connectivity index (χ0n) is 79.5. The third-order valence-electron chi connectivity index (χ3n) is 22.6. The minimum Gasteiger partial charge on any atom is -0.507 e. The second-order valence-electron chi connectivity index (χ2n) is 31.8. The van der Waals surface area contributed by atoms with Crippen LogP contribution in [0.1, 0.15) is 159 Å². The van der Waals surface area contributed by atoms with Gasteiger partial charge in [0.25, 0.3) is 29.1 Å². The number of nitrogens with zero attached hydrogens (tertiary/aromatic N) is 8. The maximum absolute atomic E-state index is 13.3. The number of thiazole rings is 4. The summed E-state index contributed by atoms with van der Waals surface area (Å²) in [5.41, 5.74) is 7.98. The van der Waals surface area contributed by atoms with Crippen molar-refractivity contribution in [3.8, 4) is 23.0 Å². The molecule has 16 rings (SSSR count). The Bertz CT molecular complexity index is 6550. The number of carboxylic acid groups (broad SMARTS) is 1. The molecule has 8 aromatic carbocycles. The van der Waals surface area contributed by atoms with Gasteiger partial charge in [0.15, 0.2) is 20.5 Å². The SMILES string of the molecule is CC(=O)O.COC(=O)c1sc(N2C(=O)C(=O)C(=C(O)c3ccc(OC)c(C)c3)C2c2cccc(Br)c2)nc1C.COC(=O)c1sc(N2C(=O)C(=O)C(=C(O)c3ccc(OC)c(C)c3)C2c2cccc(Br)c2)nc1C.COC(=O)c1sc(N2C(=O)C(=O)C(=C(O)c3ccc(OC)c(C)c3)C2c2cccc(Br)c2)nc1C.COC(=O)c1sc(N2C(=O)C(=O)C(=C(O)c3ccc(OC)c(C)c3)C2c2cccc(Br)c2)nc1C. The molecule has 4 aliphatic rings. The summed E-state index contributed by atoms with van der Waals surface area (Å²) in [6.07, 6.45) is 0. The summed E-state index contributed by atoms with van der Waals surface area (Å²) in [5, 5.41) is 53.2. The molecule has 744 valence electrons. The number of carboxylic acids is 1. The lowest BCUT2D eigenvalue weighted by Gasteiger charge is -2.23. The molecular formula is C102H88Br4N8O26S4. The Kier molecular flexibility index (Phi) is 34.8. The van der Waals surface area contributed by atoms with Crippen molar-refractivity contribution in [2.75, 3.05) is 76.5 Å². The predicted octanol–water partition coefficient (Wildman–Crippen LogP) is 19.9. The van der Waals surface area contributed by atoms with Crippen LogP contribution in [0.5, 0.6) is 23.0 Å². The molecular weight excluding hydrogens is 2200 g/mol. The zero-order valence-corrected chi connectivity index (χ0v) is 89.1. The molecule has 4 aliphatic heterocycles. The van der Waals surface area contributed by atoms with E-state index < -0.39 is 101 Å². The van der Waals surface area contributed by atoms with E-state index in [0.29, 0.717) is 90.3 Å². The summed E-state index contributed by atoms with van der Waals surface area (Å²) in [6, 6.07) is 44.4. The van der Waals surface area contributed by atoms with Crippen LogP contribution >= 0.6 is 109 Å². The Morgan fingerprint density at radius 1 is 0.292 bits per heavy atom. The van der Waals surface area contributed by atoms with Crippen LogP contribution in [-0.2, 0) is 62.1 Å². The van der Waals surface area contributed by atoms with Gasteiger partial charge >= 0.3 is 47.5 Å². The zero-order chi connectivity index (χ0) is 105. The van der Waals surface area contributed by atoms with E-state index in [1.54, 1.807) is 202 Å². The Balaban J connectivity index is 0.000000169. The number of ketones is 4. The number of methoxy groups -OCH3 is 8. The highest BCUT2D eigenvalue weighted by atomic mass is 79.9. The van der Waals surface area contributed by atoms with Crippen molar-refractivity contribution in [2.24, 2.45) is 0 Å². The maximum atomic E-state index is 13.3. The lowest BCUT2D eigenvalue weighted by molar-refractivity contribution is -0.134. The summed E-state index contributed by atoms with van der Waals surface area (Å²) in [7, 11) is 11.2. The van der Waals surface area contributed by atoms with Gasteiger partial charge in [-0.2, -0.15) is 0 Å². The smallest absolute Gasteiger partial charge is 0.350 e. The molecule has 4 atom stereocenters. The third kappa shape index (κ3) is 22.4. The van der Waals surface area contributed by atoms with Crippen molar-refractivity contribution in [2.45, 2.75) is 86.5 Å². The van der Waals surface area contributed by atoms with E-state index in [4.69, 9.17) is 47.8 Å². The first-order valence-electron chi connectivity index (χ1n) is 42.7. The molecule has 4 amide bonds. The first-order chi connectivity index (χ1) is 68.4. The fraction of sp³-hybridized carbons (Fsp3) is 0.206. The van der Waals surface area contributed by atoms with E-state index in [-0.39, 0.29) is 85.4 Å². The van der Waals surface area contributed by atoms with Gasteiger partial charge in [-0.1, -0.05) is 158 Å². The molecule has 0 aliphatic carbocycles. The predicted molar refractivity (Wildman–Crippen MR) is 553 cm³/mol. The van der Waals surface area contributed by atoms with Crippen LogP contribution in [0.25, 0.3) is 23.0 Å². The average Bonchev–Trinajstić information content (AvgIpc) is 1.60. The molecule has 34 nitrogen and oxygen atoms in total. The summed E-state index contributed by atoms with van der Waals surface area (Å²) in [4.78, 5) is 187. The molecule has 5 N–H and O–H groups in total. The van der Waals surface area contributed by atoms with E-state index in [1.807, 2.05) is 52.0 Å². The fourth-order valence-electron chi connectivity index (χ4n) is 15.9. The molecule has 42 heteroatoms. The fourth-order valence-corrected chi connectivity index (χ4v) is 21.6. The number of amides is 4. The van der Waals surface area contributed by atoms with Gasteiger partial charge in [-0.05, 0) is 221 Å². The number of aromatic nitrogens is 4. The summed E-state index contributed by atoms with van der Waals surface area (Å²) in [6.45, 7) is 14.8. The van der Waals surface area contributed by atoms with Gasteiger partial charge in [0.1, 0.15) is 65.5 Å². The number of Topliss-reactive ketones (excluding diaryl/α,β-unsaturated/α-hetero) is 4. The number of aryl methyl sites for hydroxylation is 8. The van der Waals surface area contributed by atoms with E-state index in [0.717, 1.165) is 92.4 Å². The summed E-state index contributed by atoms with van der Waals surface area (Å²) < 4.78 is 43.3. The van der Waals surface area contributed by atoms with Crippen LogP contribution in [0.15, 0.2) is 210 Å². The molecule has 144 heavy (non-hydrogen) atoms. The highest BCUT2D eigenvalue weighted by Crippen LogP contribution is 2.51. The van der Waals surface area contributed by atoms with Gasteiger partial charge in [-0.3, -0.25) is 62.8 Å². The molecule has 4 saturated heterocycles. The highest BCUT2D eigenvalue weighted by molar-refractivity contribution is 9.11. The van der Waals surface area contributed by atoms with E-state index >= 15 is 0 Å². The molecule has 0 saturated carbocycles. The third-order valence-corrected chi connectivity index (χ3v) is 29.1. The van der Waals surface area contributed by atoms with Crippen LogP contribution in [0.3, 0.4) is 0 Å². The minimum absolute atomic E-state index is 0.0786. The number of carbonyl (C=O) groups is 13. The van der Waals surface area contributed by atoms with Gasteiger partial charge < -0.3 is 63.4 Å². The quantitative estimate of drug-likeness (QED) is 0.0155. The number of benzene rings is 8. The monoisotopic (exact) mass is 2280 g/mol. The molecule has 12 aromatic rings. The molecule has 4 aromatic heterocycles. The Morgan fingerprint density at radius 3 is 0.625 bits per heavy atom. The first-order valence-corrected chi connectivity index (χ1v) is 49.2. The molecule has 4 unspecified atom stereocenters. The van der Waals surface area contributed by atoms with Gasteiger partial charge in [0.2, 0.25) is 0 Å². The van der Waals surface area contributed by atoms with Gasteiger partial charge in [0, 0.05) is 47.1 Å². The molecule has 4 fully saturated rings. The van der Waals surface area contributed by atoms with Crippen molar-refractivity contribution >= 4 is 229 Å². The lowest BCUT2D eigenvalue weighted by Crippen LogP contribution is -2.29. The van der Waals surface area contributed by atoms with Crippen LogP contribution in [0, 0.1) is 55.4 Å². The van der Waals surface area contributed by atoms with Crippen LogP contribution < -0.4 is 38.5 Å². The van der Waals surface area contributed by atoms with Gasteiger partial charge in [-0.25, -0.2) is 39.1 Å². The van der Waals surface area contributed by atoms with Crippen molar-refractivity contribution in [1.82, 2.24) is 19.9 Å². The van der Waals surface area contributed by atoms with Crippen molar-refractivity contribution < 1.29 is 126 Å². The van der Waals surface area contributed by atoms with Crippen molar-refractivity contribution in [3.05, 3.63) is 319 Å². The number of rotatable bonds is 20. The lowest BCUT2D eigenvalue weighted by atomic mass is 9.95. The number of aliphatic carboxylic acids is 1. The van der Waals surface area contributed by atoms with Crippen molar-refractivity contribution in [1.29, 1.82) is 0 Å². The number of halogens is 4. The van der Waals surface area contributed by atoms with Crippen LogP contribution in [0.4, 0.5) is 20.5 Å². The standard InChI is InChI=1S/4C25H21BrN2O6S.C2H4O2/c4*1-12-10-15(8-9-17(12)33-3)20(29)18-19(14-6-5-7-16(26)11-14)28(23(31)21(18)30)25-27-13(2)22(35-25)24(32)34-4;1-2(3)4/h4*5-11,19,29H,1-4H3;1H3,(H,3,4). The second-order valence-corrected chi connectivity index (χ2v) is 39.3. The molecule has 0 spiro atoms. The second kappa shape index (κ2) is 46.2. The summed E-state index contributed by atoms with van der Waals surface area (Å²) in [5.74, 6) is -8.78. The Hall–Kier alpha value is -14.5. The van der Waals surface area contributed by atoms with Gasteiger partial charge in [-0.15, -0.1) is 0 Å². The number of hydrogen-bond donors (Lipinski definition) is 5. The highest BCUT2D eigenvalue weighted by Gasteiger charge is 2.53. The average molecular weight is 2290 g/mol. The number of hydrogen-bond acceptors (Lipinski definition) is 33. The first kappa shape index (κ1) is 108. The number of aliphatic hydroxyl groups is 4. The van der Waals surface area contributed by atoms with E-state index in [9.17, 15) is 78.0 Å². The minimum atomic E-state index is -0.967. The number of aliphatic hydroxyl groups excluding tert-OH is 4. The largest absolute Gasteiger partial charge is 0.507 e. The van der Waals surface area contributed by atoms with E-state index in [1.165, 1.54) is 48.0 Å². The molecule has 0 bridgehead atoms. The Labute approximate surface area is 873 Å². The number of esters is 4. The maximum Gasteiger partial charge on any atom is 0.350 e. The van der Waals surface area contributed by atoms with Crippen LogP contribution in [0.2, 0.25) is 0 Å². The number of carbonyl (C=O) groups excluding carboxylic acids is 12. The molecule has 0 radical (unpaired) electrons. The van der Waals surface area contributed by atoms with E-state index in [2.05, 4.69) is 83.7 Å². The number of ether oxygens (including phenoxy) is 8. The number of anilines is 4. The van der Waals surface area contributed by atoms with Crippen LogP contribution in [-0.4, -0.2) is 179 Å². The van der Waals surface area contributed by atoms with Gasteiger partial charge in [0.05, 0.1) is 126 Å². The topological polar surface area (TPSA) is 461 Å². The normalized spacial score (nSPS) is 16.8. The van der Waals surface area contributed by atoms with Crippen molar-refractivity contribution in [3.63, 3.8) is 0 Å². The summed E-state index contributed by atoms with van der Waals surface area (Å²) >= 11 is 17.5. The Morgan fingerprint density at radius 2 is 0.472 bits per heavy atom. The molecule has 8 heterocycles.